The lowest BCUT2D eigenvalue weighted by Crippen LogP contribution is -2.03. The van der Waals surface area contributed by atoms with Crippen molar-refractivity contribution >= 4 is 5.57 Å². The van der Waals surface area contributed by atoms with Crippen LogP contribution in [0.2, 0.25) is 0 Å². The summed E-state index contributed by atoms with van der Waals surface area (Å²) in [4.78, 5) is 4.34. The van der Waals surface area contributed by atoms with E-state index in [-0.39, 0.29) is 5.82 Å². The van der Waals surface area contributed by atoms with Gasteiger partial charge in [-0.05, 0) is 42.2 Å². The van der Waals surface area contributed by atoms with Crippen molar-refractivity contribution in [3.8, 4) is 0 Å². The first-order valence-electron chi connectivity index (χ1n) is 5.66. The molecular weight excluding hydrogens is 213 g/mol. The largest absolute Gasteiger partial charge is 0.260 e. The molecule has 0 amide bonds. The number of fused-ring (bicyclic) bond motifs is 1. The monoisotopic (exact) mass is 224 g/mol. The van der Waals surface area contributed by atoms with E-state index in [0.29, 0.717) is 0 Å². The number of aromatic nitrogens is 1. The topological polar surface area (TPSA) is 12.9 Å². The SMILES string of the molecule is Fc1ccc(C2=CCCc3nc[c]cc32)cc1. The Labute approximate surface area is 99.6 Å². The molecule has 0 aliphatic heterocycles. The van der Waals surface area contributed by atoms with Crippen LogP contribution in [0.3, 0.4) is 0 Å². The van der Waals surface area contributed by atoms with Gasteiger partial charge in [-0.15, -0.1) is 0 Å². The Hall–Kier alpha value is -1.96. The second-order valence-corrected chi connectivity index (χ2v) is 4.09. The van der Waals surface area contributed by atoms with E-state index in [0.717, 1.165) is 35.2 Å². The molecule has 1 aliphatic rings. The Morgan fingerprint density at radius 3 is 2.82 bits per heavy atom. The van der Waals surface area contributed by atoms with Gasteiger partial charge in [0.1, 0.15) is 5.82 Å². The number of benzene rings is 1. The molecule has 0 N–H and O–H groups in total. The summed E-state index contributed by atoms with van der Waals surface area (Å²) in [5, 5.41) is 0. The summed E-state index contributed by atoms with van der Waals surface area (Å²) in [6.45, 7) is 0. The van der Waals surface area contributed by atoms with Crippen LogP contribution in [0.1, 0.15) is 23.2 Å². The molecule has 1 aromatic carbocycles. The van der Waals surface area contributed by atoms with Crippen LogP contribution >= 0.6 is 0 Å². The van der Waals surface area contributed by atoms with Gasteiger partial charge in [-0.25, -0.2) is 4.39 Å². The van der Waals surface area contributed by atoms with Gasteiger partial charge in [0.25, 0.3) is 0 Å². The molecule has 83 valence electrons. The molecule has 1 aliphatic carbocycles. The number of rotatable bonds is 1. The molecule has 2 aromatic rings. The average Bonchev–Trinajstić information content (AvgIpc) is 2.39. The number of hydrogen-bond donors (Lipinski definition) is 0. The predicted molar refractivity (Wildman–Crippen MR) is 64.9 cm³/mol. The van der Waals surface area contributed by atoms with Crippen molar-refractivity contribution in [1.82, 2.24) is 4.98 Å². The van der Waals surface area contributed by atoms with Crippen molar-refractivity contribution < 1.29 is 4.39 Å². The smallest absolute Gasteiger partial charge is 0.123 e. The molecule has 0 atom stereocenters. The number of hydrogen-bond acceptors (Lipinski definition) is 1. The zero-order valence-electron chi connectivity index (χ0n) is 9.28. The molecular formula is C15H11FN. The summed E-state index contributed by atoms with van der Waals surface area (Å²) in [6, 6.07) is 11.6. The third kappa shape index (κ3) is 1.86. The molecule has 0 saturated carbocycles. The predicted octanol–water partition coefficient (Wildman–Crippen LogP) is 3.40. The quantitative estimate of drug-likeness (QED) is 0.723. The molecule has 17 heavy (non-hydrogen) atoms. The van der Waals surface area contributed by atoms with Crippen molar-refractivity contribution in [2.45, 2.75) is 12.8 Å². The van der Waals surface area contributed by atoms with E-state index in [1.54, 1.807) is 6.20 Å². The molecule has 0 bridgehead atoms. The first-order valence-corrected chi connectivity index (χ1v) is 5.66. The van der Waals surface area contributed by atoms with Crippen molar-refractivity contribution in [1.29, 1.82) is 0 Å². The summed E-state index contributed by atoms with van der Waals surface area (Å²) < 4.78 is 12.9. The number of halogens is 1. The zero-order chi connectivity index (χ0) is 11.7. The van der Waals surface area contributed by atoms with Gasteiger partial charge in [0, 0.05) is 23.5 Å². The van der Waals surface area contributed by atoms with Crippen LogP contribution in [-0.2, 0) is 6.42 Å². The maximum atomic E-state index is 12.9. The van der Waals surface area contributed by atoms with Gasteiger partial charge in [0.15, 0.2) is 0 Å². The minimum atomic E-state index is -0.205. The molecule has 0 fully saturated rings. The highest BCUT2D eigenvalue weighted by molar-refractivity contribution is 5.81. The van der Waals surface area contributed by atoms with Crippen LogP contribution in [0.5, 0.6) is 0 Å². The minimum absolute atomic E-state index is 0.205. The van der Waals surface area contributed by atoms with Crippen molar-refractivity contribution in [3.63, 3.8) is 0 Å². The highest BCUT2D eigenvalue weighted by Gasteiger charge is 2.14. The lowest BCUT2D eigenvalue weighted by Gasteiger charge is -2.16. The lowest BCUT2D eigenvalue weighted by atomic mass is 9.90. The van der Waals surface area contributed by atoms with Gasteiger partial charge < -0.3 is 0 Å². The van der Waals surface area contributed by atoms with E-state index in [1.807, 2.05) is 18.2 Å². The Morgan fingerprint density at radius 2 is 2.00 bits per heavy atom. The normalized spacial score (nSPS) is 14.1. The highest BCUT2D eigenvalue weighted by Crippen LogP contribution is 2.30. The summed E-state index contributed by atoms with van der Waals surface area (Å²) >= 11 is 0. The van der Waals surface area contributed by atoms with Crippen molar-refractivity contribution in [3.05, 3.63) is 71.3 Å². The van der Waals surface area contributed by atoms with Gasteiger partial charge in [-0.1, -0.05) is 18.2 Å². The van der Waals surface area contributed by atoms with Gasteiger partial charge >= 0.3 is 0 Å². The molecule has 3 rings (SSSR count). The summed E-state index contributed by atoms with van der Waals surface area (Å²) in [5.74, 6) is -0.205. The Bertz CT molecular complexity index is 570. The molecule has 1 radical (unpaired) electrons. The van der Waals surface area contributed by atoms with E-state index < -0.39 is 0 Å². The van der Waals surface area contributed by atoms with Gasteiger partial charge in [0.2, 0.25) is 0 Å². The number of nitrogens with zero attached hydrogens (tertiary/aromatic N) is 1. The van der Waals surface area contributed by atoms with Crippen molar-refractivity contribution in [2.24, 2.45) is 0 Å². The van der Waals surface area contributed by atoms with E-state index in [2.05, 4.69) is 17.1 Å². The zero-order valence-corrected chi connectivity index (χ0v) is 9.28. The number of aryl methyl sites for hydroxylation is 1. The maximum Gasteiger partial charge on any atom is 0.123 e. The van der Waals surface area contributed by atoms with Gasteiger partial charge in [0.05, 0.1) is 0 Å². The fraction of sp³-hybridized carbons (Fsp3) is 0.133. The third-order valence-electron chi connectivity index (χ3n) is 3.01. The molecule has 1 nitrogen and oxygen atoms in total. The van der Waals surface area contributed by atoms with Gasteiger partial charge in [-0.2, -0.15) is 0 Å². The molecule has 0 saturated heterocycles. The van der Waals surface area contributed by atoms with E-state index in [9.17, 15) is 4.39 Å². The molecule has 0 spiro atoms. The Kier molecular flexibility index (Phi) is 2.48. The van der Waals surface area contributed by atoms with E-state index in [4.69, 9.17) is 0 Å². The van der Waals surface area contributed by atoms with Crippen LogP contribution in [0, 0.1) is 11.9 Å². The second kappa shape index (κ2) is 4.13. The second-order valence-electron chi connectivity index (χ2n) is 4.09. The first kappa shape index (κ1) is 10.2. The van der Waals surface area contributed by atoms with Crippen LogP contribution in [0.4, 0.5) is 4.39 Å². The number of allylic oxidation sites excluding steroid dienone is 1. The summed E-state index contributed by atoms with van der Waals surface area (Å²) in [5.41, 5.74) is 4.39. The Balaban J connectivity index is 2.09. The number of pyridine rings is 1. The van der Waals surface area contributed by atoms with E-state index in [1.165, 1.54) is 12.1 Å². The minimum Gasteiger partial charge on any atom is -0.260 e. The molecule has 0 unspecified atom stereocenters. The summed E-state index contributed by atoms with van der Waals surface area (Å²) in [7, 11) is 0. The molecule has 1 heterocycles. The fourth-order valence-corrected chi connectivity index (χ4v) is 2.19. The van der Waals surface area contributed by atoms with E-state index >= 15 is 0 Å². The standard InChI is InChI=1S/C15H11FN/c16-12-8-6-11(7-9-12)13-3-1-5-15-14(13)4-2-10-17-15/h3-4,6-10H,1,5H2. The lowest BCUT2D eigenvalue weighted by molar-refractivity contribution is 0.627. The van der Waals surface area contributed by atoms with Crippen LogP contribution in [0.25, 0.3) is 5.57 Å². The van der Waals surface area contributed by atoms with Crippen LogP contribution in [0.15, 0.2) is 42.6 Å². The van der Waals surface area contributed by atoms with Crippen LogP contribution in [-0.4, -0.2) is 4.98 Å². The fourth-order valence-electron chi connectivity index (χ4n) is 2.19. The Morgan fingerprint density at radius 1 is 1.18 bits per heavy atom. The summed E-state index contributed by atoms with van der Waals surface area (Å²) in [6.07, 6.45) is 5.84. The maximum absolute atomic E-state index is 12.9. The first-order chi connectivity index (χ1) is 8.34. The third-order valence-corrected chi connectivity index (χ3v) is 3.01. The molecule has 2 heteroatoms. The van der Waals surface area contributed by atoms with Crippen LogP contribution < -0.4 is 0 Å². The highest BCUT2D eigenvalue weighted by atomic mass is 19.1. The van der Waals surface area contributed by atoms with Crippen molar-refractivity contribution in [2.75, 3.05) is 0 Å². The molecule has 1 aromatic heterocycles. The van der Waals surface area contributed by atoms with Gasteiger partial charge in [-0.3, -0.25) is 4.98 Å². The average molecular weight is 224 g/mol.